The molecule has 2 heterocycles. The van der Waals surface area contributed by atoms with Gasteiger partial charge < -0.3 is 4.57 Å². The fourth-order valence-corrected chi connectivity index (χ4v) is 3.82. The zero-order valence-corrected chi connectivity index (χ0v) is 14.6. The Hall–Kier alpha value is -2.21. The van der Waals surface area contributed by atoms with Gasteiger partial charge in [0.05, 0.1) is 10.2 Å². The maximum absolute atomic E-state index is 12.4. The summed E-state index contributed by atoms with van der Waals surface area (Å²) in [5.74, 6) is -0.291. The number of carbonyl (C=O) groups is 1. The molecule has 6 heteroatoms. The second-order valence-electron chi connectivity index (χ2n) is 5.46. The first-order valence-corrected chi connectivity index (χ1v) is 8.57. The van der Waals surface area contributed by atoms with Crippen molar-refractivity contribution in [3.63, 3.8) is 0 Å². The molecular formula is C17H20N4OS. The van der Waals surface area contributed by atoms with Crippen LogP contribution in [0.3, 0.4) is 0 Å². The minimum Gasteiger partial charge on any atom is -0.316 e. The van der Waals surface area contributed by atoms with Crippen LogP contribution in [-0.4, -0.2) is 20.3 Å². The SMILES string of the molecule is CCc1cccc2sc(=NC(=O)c3cc(C)n(C)n3)n(CC)c12. The molecule has 0 radical (unpaired) electrons. The zero-order chi connectivity index (χ0) is 16.6. The van der Waals surface area contributed by atoms with Gasteiger partial charge in [0.2, 0.25) is 0 Å². The van der Waals surface area contributed by atoms with Gasteiger partial charge in [-0.1, -0.05) is 30.4 Å². The summed E-state index contributed by atoms with van der Waals surface area (Å²) in [6, 6.07) is 8.05. The summed E-state index contributed by atoms with van der Waals surface area (Å²) < 4.78 is 4.97. The van der Waals surface area contributed by atoms with E-state index in [1.165, 1.54) is 11.1 Å². The van der Waals surface area contributed by atoms with E-state index in [2.05, 4.69) is 46.7 Å². The average Bonchev–Trinajstić information content (AvgIpc) is 3.06. The van der Waals surface area contributed by atoms with Gasteiger partial charge in [0, 0.05) is 19.3 Å². The second-order valence-corrected chi connectivity index (χ2v) is 6.47. The van der Waals surface area contributed by atoms with Crippen LogP contribution in [0, 0.1) is 6.92 Å². The Morgan fingerprint density at radius 3 is 2.74 bits per heavy atom. The molecule has 3 aromatic rings. The second kappa shape index (κ2) is 6.12. The predicted molar refractivity (Wildman–Crippen MR) is 92.7 cm³/mol. The summed E-state index contributed by atoms with van der Waals surface area (Å²) in [7, 11) is 1.82. The van der Waals surface area contributed by atoms with Crippen molar-refractivity contribution in [2.75, 3.05) is 0 Å². The summed E-state index contributed by atoms with van der Waals surface area (Å²) >= 11 is 1.55. The van der Waals surface area contributed by atoms with Crippen LogP contribution in [0.2, 0.25) is 0 Å². The quantitative estimate of drug-likeness (QED) is 0.742. The molecule has 0 atom stereocenters. The number of amides is 1. The summed E-state index contributed by atoms with van der Waals surface area (Å²) in [5, 5.41) is 4.22. The van der Waals surface area contributed by atoms with Crippen LogP contribution < -0.4 is 4.80 Å². The van der Waals surface area contributed by atoms with Gasteiger partial charge in [-0.15, -0.1) is 0 Å². The fourth-order valence-electron chi connectivity index (χ4n) is 2.68. The third-order valence-electron chi connectivity index (χ3n) is 4.01. The molecule has 0 saturated carbocycles. The average molecular weight is 328 g/mol. The van der Waals surface area contributed by atoms with Crippen molar-refractivity contribution in [2.24, 2.45) is 12.0 Å². The summed E-state index contributed by atoms with van der Waals surface area (Å²) in [6.45, 7) is 6.92. The van der Waals surface area contributed by atoms with Crippen molar-refractivity contribution in [3.8, 4) is 0 Å². The molecule has 120 valence electrons. The molecule has 0 N–H and O–H groups in total. The van der Waals surface area contributed by atoms with Gasteiger partial charge in [0.25, 0.3) is 5.91 Å². The van der Waals surface area contributed by atoms with Gasteiger partial charge in [-0.05, 0) is 38.0 Å². The molecule has 0 aliphatic heterocycles. The first-order chi connectivity index (χ1) is 11.0. The molecule has 0 spiro atoms. The molecular weight excluding hydrogens is 308 g/mol. The number of aryl methyl sites for hydroxylation is 4. The van der Waals surface area contributed by atoms with E-state index in [9.17, 15) is 4.79 Å². The highest BCUT2D eigenvalue weighted by atomic mass is 32.1. The lowest BCUT2D eigenvalue weighted by molar-refractivity contribution is 0.0992. The molecule has 0 unspecified atom stereocenters. The number of benzene rings is 1. The lowest BCUT2D eigenvalue weighted by atomic mass is 10.1. The number of fused-ring (bicyclic) bond motifs is 1. The topological polar surface area (TPSA) is 52.2 Å². The fraction of sp³-hybridized carbons (Fsp3) is 0.353. The van der Waals surface area contributed by atoms with Crippen LogP contribution in [-0.2, 0) is 20.0 Å². The van der Waals surface area contributed by atoms with Gasteiger partial charge in [0.1, 0.15) is 0 Å². The molecule has 2 aromatic heterocycles. The molecule has 0 aliphatic rings. The lowest BCUT2D eigenvalue weighted by Gasteiger charge is -2.04. The Morgan fingerprint density at radius 2 is 2.13 bits per heavy atom. The number of nitrogens with zero attached hydrogens (tertiary/aromatic N) is 4. The van der Waals surface area contributed by atoms with Crippen LogP contribution >= 0.6 is 11.3 Å². The Kier molecular flexibility index (Phi) is 4.17. The van der Waals surface area contributed by atoms with Crippen LogP contribution in [0.25, 0.3) is 10.2 Å². The van der Waals surface area contributed by atoms with E-state index in [1.54, 1.807) is 22.1 Å². The Bertz CT molecular complexity index is 926. The third-order valence-corrected chi connectivity index (χ3v) is 5.06. The van der Waals surface area contributed by atoms with E-state index in [-0.39, 0.29) is 5.91 Å². The third kappa shape index (κ3) is 2.74. The monoisotopic (exact) mass is 328 g/mol. The van der Waals surface area contributed by atoms with E-state index >= 15 is 0 Å². The van der Waals surface area contributed by atoms with Crippen LogP contribution in [0.5, 0.6) is 0 Å². The summed E-state index contributed by atoms with van der Waals surface area (Å²) in [6.07, 6.45) is 0.959. The number of hydrogen-bond acceptors (Lipinski definition) is 3. The molecule has 0 fully saturated rings. The molecule has 5 nitrogen and oxygen atoms in total. The van der Waals surface area contributed by atoms with Gasteiger partial charge in [-0.3, -0.25) is 9.48 Å². The standard InChI is InChI=1S/C17H20N4OS/c1-5-12-8-7-9-14-15(12)21(6-2)17(23-14)18-16(22)13-10-11(3)20(4)19-13/h7-10H,5-6H2,1-4H3. The number of para-hydroxylation sites is 1. The molecule has 0 aliphatic carbocycles. The molecule has 23 heavy (non-hydrogen) atoms. The number of hydrogen-bond donors (Lipinski definition) is 0. The van der Waals surface area contributed by atoms with Crippen molar-refractivity contribution in [1.29, 1.82) is 0 Å². The van der Waals surface area contributed by atoms with Crippen molar-refractivity contribution in [3.05, 3.63) is 46.0 Å². The van der Waals surface area contributed by atoms with Gasteiger partial charge in [-0.2, -0.15) is 10.1 Å². The smallest absolute Gasteiger partial charge is 0.300 e. The number of thiazole rings is 1. The van der Waals surface area contributed by atoms with Crippen molar-refractivity contribution < 1.29 is 4.79 Å². The normalized spacial score (nSPS) is 12.3. The first-order valence-electron chi connectivity index (χ1n) is 7.76. The Morgan fingerprint density at radius 1 is 1.35 bits per heavy atom. The maximum Gasteiger partial charge on any atom is 0.300 e. The van der Waals surface area contributed by atoms with Crippen LogP contribution in [0.1, 0.15) is 35.6 Å². The lowest BCUT2D eigenvalue weighted by Crippen LogP contribution is -2.16. The molecule has 1 aromatic carbocycles. The number of rotatable bonds is 3. The summed E-state index contributed by atoms with van der Waals surface area (Å²) in [4.78, 5) is 17.5. The van der Waals surface area contributed by atoms with E-state index in [4.69, 9.17) is 0 Å². The van der Waals surface area contributed by atoms with E-state index < -0.39 is 0 Å². The zero-order valence-electron chi connectivity index (χ0n) is 13.8. The van der Waals surface area contributed by atoms with Crippen LogP contribution in [0.15, 0.2) is 29.3 Å². The van der Waals surface area contributed by atoms with E-state index in [0.717, 1.165) is 28.2 Å². The summed E-state index contributed by atoms with van der Waals surface area (Å²) in [5.41, 5.74) is 3.80. The van der Waals surface area contributed by atoms with Crippen molar-refractivity contribution in [1.82, 2.24) is 14.3 Å². The van der Waals surface area contributed by atoms with E-state index in [1.807, 2.05) is 14.0 Å². The number of carbonyl (C=O) groups excluding carboxylic acids is 1. The van der Waals surface area contributed by atoms with Crippen LogP contribution in [0.4, 0.5) is 0 Å². The number of aromatic nitrogens is 3. The molecule has 0 bridgehead atoms. The molecule has 3 rings (SSSR count). The highest BCUT2D eigenvalue weighted by molar-refractivity contribution is 7.16. The maximum atomic E-state index is 12.4. The van der Waals surface area contributed by atoms with Crippen molar-refractivity contribution >= 4 is 27.5 Å². The highest BCUT2D eigenvalue weighted by Gasteiger charge is 2.13. The minimum atomic E-state index is -0.291. The Balaban J connectivity index is 2.17. The molecule has 0 saturated heterocycles. The Labute approximate surface area is 138 Å². The molecule has 1 amide bonds. The highest BCUT2D eigenvalue weighted by Crippen LogP contribution is 2.22. The van der Waals surface area contributed by atoms with Gasteiger partial charge in [0.15, 0.2) is 10.5 Å². The van der Waals surface area contributed by atoms with Gasteiger partial charge >= 0.3 is 0 Å². The largest absolute Gasteiger partial charge is 0.316 e. The predicted octanol–water partition coefficient (Wildman–Crippen LogP) is 3.07. The van der Waals surface area contributed by atoms with Crippen molar-refractivity contribution in [2.45, 2.75) is 33.7 Å². The van der Waals surface area contributed by atoms with Gasteiger partial charge in [-0.25, -0.2) is 0 Å². The minimum absolute atomic E-state index is 0.291. The van der Waals surface area contributed by atoms with E-state index in [0.29, 0.717) is 5.69 Å². The first kappa shape index (κ1) is 15.7.